The Bertz CT molecular complexity index is 2670. The van der Waals surface area contributed by atoms with Gasteiger partial charge in [-0.25, -0.2) is 14.8 Å². The highest BCUT2D eigenvalue weighted by molar-refractivity contribution is 5.95. The molecule has 2 heterocycles. The second kappa shape index (κ2) is 11.8. The van der Waals surface area contributed by atoms with Crippen LogP contribution in [-0.2, 0) is 5.41 Å². The average Bonchev–Trinajstić information content (AvgIpc) is 3.50. The Morgan fingerprint density at radius 1 is 0.442 bits per heavy atom. The second-order valence-electron chi connectivity index (χ2n) is 13.2. The fourth-order valence-corrected chi connectivity index (χ4v) is 8.17. The standard InChI is InChI=1S/C48H29N3O/c1-49-35-26-28-37-36-27-25-34(29-40(36)48(41(37)30-35)38-21-11-13-23-42(38)52-43-24-14-12-22-39(43)48)46-44(31-15-5-2-6-16-31)45(32-17-7-3-8-18-32)50-47(51-46)33-19-9-4-10-20-33/h2-30H. The summed E-state index contributed by atoms with van der Waals surface area (Å²) in [5, 5.41) is 0. The van der Waals surface area contributed by atoms with Crippen LogP contribution >= 0.6 is 0 Å². The molecular weight excluding hydrogens is 635 g/mol. The molecule has 242 valence electrons. The smallest absolute Gasteiger partial charge is 0.187 e. The van der Waals surface area contributed by atoms with E-state index in [1.807, 2.05) is 60.7 Å². The fraction of sp³-hybridized carbons (Fsp3) is 0.0208. The molecule has 0 saturated carbocycles. The number of aromatic nitrogens is 2. The molecule has 0 amide bonds. The Morgan fingerprint density at radius 3 is 1.56 bits per heavy atom. The number of ether oxygens (including phenoxy) is 1. The lowest BCUT2D eigenvalue weighted by molar-refractivity contribution is 0.436. The molecule has 0 unspecified atom stereocenters. The zero-order chi connectivity index (χ0) is 34.6. The van der Waals surface area contributed by atoms with Crippen LogP contribution in [0.4, 0.5) is 5.69 Å². The highest BCUT2D eigenvalue weighted by Crippen LogP contribution is 2.63. The summed E-state index contributed by atoms with van der Waals surface area (Å²) >= 11 is 0. The summed E-state index contributed by atoms with van der Waals surface area (Å²) in [5.41, 5.74) is 13.1. The van der Waals surface area contributed by atoms with Gasteiger partial charge < -0.3 is 4.74 Å². The van der Waals surface area contributed by atoms with Crippen LogP contribution in [0.3, 0.4) is 0 Å². The van der Waals surface area contributed by atoms with Crippen molar-refractivity contribution in [2.75, 3.05) is 0 Å². The molecule has 0 saturated heterocycles. The normalized spacial score (nSPS) is 12.9. The van der Waals surface area contributed by atoms with E-state index in [2.05, 4.69) is 120 Å². The fourth-order valence-electron chi connectivity index (χ4n) is 8.17. The van der Waals surface area contributed by atoms with Crippen LogP contribution in [0, 0.1) is 6.57 Å². The van der Waals surface area contributed by atoms with Crippen LogP contribution in [0.15, 0.2) is 176 Å². The van der Waals surface area contributed by atoms with E-state index in [0.717, 1.165) is 84.1 Å². The highest BCUT2D eigenvalue weighted by atomic mass is 16.5. The van der Waals surface area contributed by atoms with Gasteiger partial charge in [0.15, 0.2) is 11.5 Å². The summed E-state index contributed by atoms with van der Waals surface area (Å²) in [7, 11) is 0. The van der Waals surface area contributed by atoms with Gasteiger partial charge in [0.25, 0.3) is 0 Å². The van der Waals surface area contributed by atoms with E-state index in [0.29, 0.717) is 11.5 Å². The second-order valence-corrected chi connectivity index (χ2v) is 13.2. The van der Waals surface area contributed by atoms with Gasteiger partial charge >= 0.3 is 0 Å². The quantitative estimate of drug-likeness (QED) is 0.176. The number of hydrogen-bond acceptors (Lipinski definition) is 3. The Labute approximate surface area is 302 Å². The third-order valence-electron chi connectivity index (χ3n) is 10.4. The van der Waals surface area contributed by atoms with Crippen molar-refractivity contribution in [1.29, 1.82) is 0 Å². The van der Waals surface area contributed by atoms with Crippen molar-refractivity contribution in [3.8, 4) is 67.7 Å². The first-order valence-corrected chi connectivity index (χ1v) is 17.4. The molecule has 8 aromatic rings. The molecule has 0 radical (unpaired) electrons. The number of nitrogens with zero attached hydrogens (tertiary/aromatic N) is 3. The van der Waals surface area contributed by atoms with Crippen LogP contribution in [-0.4, -0.2) is 9.97 Å². The highest BCUT2D eigenvalue weighted by Gasteiger charge is 2.51. The minimum absolute atomic E-state index is 0.606. The summed E-state index contributed by atoms with van der Waals surface area (Å²) < 4.78 is 6.59. The van der Waals surface area contributed by atoms with Gasteiger partial charge in [0.05, 0.1) is 23.4 Å². The van der Waals surface area contributed by atoms with Gasteiger partial charge in [0.1, 0.15) is 11.5 Å². The van der Waals surface area contributed by atoms with E-state index in [1.54, 1.807) is 0 Å². The molecule has 4 heteroatoms. The molecule has 1 aliphatic carbocycles. The molecule has 10 rings (SSSR count). The topological polar surface area (TPSA) is 39.4 Å². The third-order valence-corrected chi connectivity index (χ3v) is 10.4. The maximum atomic E-state index is 7.98. The van der Waals surface area contributed by atoms with E-state index in [-0.39, 0.29) is 0 Å². The largest absolute Gasteiger partial charge is 0.457 e. The minimum atomic E-state index is -0.725. The van der Waals surface area contributed by atoms with E-state index in [1.165, 1.54) is 0 Å². The van der Waals surface area contributed by atoms with Gasteiger partial charge in [-0.15, -0.1) is 0 Å². The van der Waals surface area contributed by atoms with E-state index in [4.69, 9.17) is 21.3 Å². The lowest BCUT2D eigenvalue weighted by Crippen LogP contribution is -2.32. The number of rotatable bonds is 4. The molecule has 4 nitrogen and oxygen atoms in total. The first kappa shape index (κ1) is 29.8. The summed E-state index contributed by atoms with van der Waals surface area (Å²) in [6, 6.07) is 60.5. The molecule has 52 heavy (non-hydrogen) atoms. The monoisotopic (exact) mass is 663 g/mol. The SMILES string of the molecule is [C-]#[N+]c1ccc2c(c1)C1(c3ccccc3Oc3ccccc31)c1cc(-c3nc(-c4ccccc4)nc(-c4ccccc4)c3-c3ccccc3)ccc1-2. The van der Waals surface area contributed by atoms with E-state index >= 15 is 0 Å². The van der Waals surface area contributed by atoms with Crippen molar-refractivity contribution in [1.82, 2.24) is 9.97 Å². The Hall–Kier alpha value is -7.09. The van der Waals surface area contributed by atoms with Crippen LogP contribution in [0.1, 0.15) is 22.3 Å². The molecule has 0 fully saturated rings. The lowest BCUT2D eigenvalue weighted by Gasteiger charge is -2.39. The molecule has 7 aromatic carbocycles. The summed E-state index contributed by atoms with van der Waals surface area (Å²) in [6.07, 6.45) is 0. The van der Waals surface area contributed by atoms with Crippen LogP contribution in [0.2, 0.25) is 0 Å². The van der Waals surface area contributed by atoms with Gasteiger partial charge in [0, 0.05) is 33.4 Å². The molecule has 0 N–H and O–H groups in total. The molecule has 1 spiro atoms. The van der Waals surface area contributed by atoms with Crippen molar-refractivity contribution < 1.29 is 4.74 Å². The molecule has 2 aliphatic rings. The zero-order valence-corrected chi connectivity index (χ0v) is 28.0. The van der Waals surface area contributed by atoms with Gasteiger partial charge in [0.2, 0.25) is 0 Å². The van der Waals surface area contributed by atoms with E-state index < -0.39 is 5.41 Å². The van der Waals surface area contributed by atoms with Crippen LogP contribution in [0.25, 0.3) is 61.0 Å². The Morgan fingerprint density at radius 2 is 0.942 bits per heavy atom. The van der Waals surface area contributed by atoms with Crippen molar-refractivity contribution in [2.24, 2.45) is 0 Å². The number of benzene rings is 7. The van der Waals surface area contributed by atoms with Gasteiger partial charge in [-0.3, -0.25) is 0 Å². The van der Waals surface area contributed by atoms with Crippen molar-refractivity contribution >= 4 is 5.69 Å². The molecule has 1 aliphatic heterocycles. The predicted octanol–water partition coefficient (Wildman–Crippen LogP) is 12.2. The van der Waals surface area contributed by atoms with Gasteiger partial charge in [-0.1, -0.05) is 158 Å². The maximum absolute atomic E-state index is 7.98. The molecular formula is C48H29N3O. The number of para-hydroxylation sites is 2. The summed E-state index contributed by atoms with van der Waals surface area (Å²) in [6.45, 7) is 7.98. The first-order chi connectivity index (χ1) is 25.7. The van der Waals surface area contributed by atoms with Gasteiger partial charge in [-0.2, -0.15) is 0 Å². The van der Waals surface area contributed by atoms with Crippen LogP contribution in [0.5, 0.6) is 11.5 Å². The Kier molecular flexibility index (Phi) is 6.74. The number of hydrogen-bond donors (Lipinski definition) is 0. The van der Waals surface area contributed by atoms with Crippen molar-refractivity contribution in [3.05, 3.63) is 210 Å². The molecule has 0 atom stereocenters. The van der Waals surface area contributed by atoms with E-state index in [9.17, 15) is 0 Å². The van der Waals surface area contributed by atoms with Crippen LogP contribution < -0.4 is 4.74 Å². The first-order valence-electron chi connectivity index (χ1n) is 17.4. The predicted molar refractivity (Wildman–Crippen MR) is 207 cm³/mol. The average molecular weight is 664 g/mol. The molecule has 0 bridgehead atoms. The molecule has 1 aromatic heterocycles. The Balaban J connectivity index is 1.33. The number of fused-ring (bicyclic) bond motifs is 9. The summed E-state index contributed by atoms with van der Waals surface area (Å²) in [4.78, 5) is 14.6. The third kappa shape index (κ3) is 4.40. The zero-order valence-electron chi connectivity index (χ0n) is 28.0. The van der Waals surface area contributed by atoms with Crippen molar-refractivity contribution in [2.45, 2.75) is 5.41 Å². The summed E-state index contributed by atoms with van der Waals surface area (Å²) in [5.74, 6) is 2.28. The van der Waals surface area contributed by atoms with Gasteiger partial charge in [-0.05, 0) is 46.0 Å². The lowest BCUT2D eigenvalue weighted by atomic mass is 9.66. The minimum Gasteiger partial charge on any atom is -0.457 e. The maximum Gasteiger partial charge on any atom is 0.187 e. The van der Waals surface area contributed by atoms with Crippen molar-refractivity contribution in [3.63, 3.8) is 0 Å².